The van der Waals surface area contributed by atoms with Crippen LogP contribution in [0.3, 0.4) is 0 Å². The molecule has 1 amide bonds. The fourth-order valence-electron chi connectivity index (χ4n) is 2.93. The van der Waals surface area contributed by atoms with Crippen molar-refractivity contribution in [3.05, 3.63) is 41.2 Å². The van der Waals surface area contributed by atoms with E-state index in [1.165, 1.54) is 22.6 Å². The molecule has 25 heavy (non-hydrogen) atoms. The van der Waals surface area contributed by atoms with Gasteiger partial charge in [-0.3, -0.25) is 4.79 Å². The van der Waals surface area contributed by atoms with E-state index in [-0.39, 0.29) is 41.7 Å². The fraction of sp³-hybridized carbons (Fsp3) is 0.400. The zero-order valence-electron chi connectivity index (χ0n) is 13.8. The highest BCUT2D eigenvalue weighted by Gasteiger charge is 2.39. The summed E-state index contributed by atoms with van der Waals surface area (Å²) in [6, 6.07) is 5.51. The first kappa shape index (κ1) is 17.8. The van der Waals surface area contributed by atoms with Crippen molar-refractivity contribution >= 4 is 27.5 Å². The highest BCUT2D eigenvalue weighted by Crippen LogP contribution is 2.26. The molecule has 0 spiro atoms. The van der Waals surface area contributed by atoms with Gasteiger partial charge in [0.1, 0.15) is 0 Å². The Hall–Kier alpha value is -1.97. The molecule has 0 aliphatic carbocycles. The number of H-pyrrole nitrogens is 1. The summed E-state index contributed by atoms with van der Waals surface area (Å²) in [6.45, 7) is 4.05. The van der Waals surface area contributed by atoms with Crippen molar-refractivity contribution in [2.24, 2.45) is 0 Å². The van der Waals surface area contributed by atoms with Gasteiger partial charge in [-0.15, -0.1) is 0 Å². The zero-order valence-corrected chi connectivity index (χ0v) is 15.3. The standard InChI is InChI=1S/C15H18ClN5O3S/c1-10-9-21(25(23,24)13-5-3-4-12(16)6-13)11(2)8-20(10)15(22)14-7-17-19-18-14/h3-7,10-11H,8-9H2,1-2H3,(H,17,18,19)/t10-,11+/m0/s1. The van der Waals surface area contributed by atoms with Crippen LogP contribution in [0.15, 0.2) is 35.4 Å². The maximum Gasteiger partial charge on any atom is 0.276 e. The third-order valence-electron chi connectivity index (χ3n) is 4.23. The van der Waals surface area contributed by atoms with Crippen LogP contribution in [0.25, 0.3) is 0 Å². The first-order valence-electron chi connectivity index (χ1n) is 7.75. The van der Waals surface area contributed by atoms with E-state index in [9.17, 15) is 13.2 Å². The van der Waals surface area contributed by atoms with Gasteiger partial charge in [0.25, 0.3) is 5.91 Å². The molecule has 1 aromatic heterocycles. The van der Waals surface area contributed by atoms with Gasteiger partial charge < -0.3 is 4.90 Å². The van der Waals surface area contributed by atoms with Crippen LogP contribution < -0.4 is 0 Å². The highest BCUT2D eigenvalue weighted by atomic mass is 35.5. The summed E-state index contributed by atoms with van der Waals surface area (Å²) in [5.74, 6) is -0.270. The lowest BCUT2D eigenvalue weighted by Gasteiger charge is -2.42. The molecule has 1 aliphatic heterocycles. The highest BCUT2D eigenvalue weighted by molar-refractivity contribution is 7.89. The summed E-state index contributed by atoms with van der Waals surface area (Å²) in [5, 5.41) is 10.2. The number of amides is 1. The van der Waals surface area contributed by atoms with E-state index >= 15 is 0 Å². The summed E-state index contributed by atoms with van der Waals surface area (Å²) in [7, 11) is -3.69. The van der Waals surface area contributed by atoms with Crippen LogP contribution in [0.1, 0.15) is 24.3 Å². The Morgan fingerprint density at radius 3 is 2.68 bits per heavy atom. The summed E-state index contributed by atoms with van der Waals surface area (Å²) >= 11 is 5.92. The van der Waals surface area contributed by atoms with Crippen LogP contribution in [0.5, 0.6) is 0 Å². The number of sulfonamides is 1. The predicted octanol–water partition coefficient (Wildman–Crippen LogP) is 1.38. The van der Waals surface area contributed by atoms with Crippen LogP contribution in [0.4, 0.5) is 0 Å². The molecular weight excluding hydrogens is 366 g/mol. The van der Waals surface area contributed by atoms with E-state index < -0.39 is 10.0 Å². The van der Waals surface area contributed by atoms with Crippen molar-refractivity contribution in [3.8, 4) is 0 Å². The second-order valence-corrected chi connectivity index (χ2v) is 8.37. The number of rotatable bonds is 3. The summed E-state index contributed by atoms with van der Waals surface area (Å²) in [4.78, 5) is 14.3. The molecule has 8 nitrogen and oxygen atoms in total. The Kier molecular flexibility index (Phi) is 4.81. The van der Waals surface area contributed by atoms with Gasteiger partial charge in [-0.25, -0.2) is 8.42 Å². The lowest BCUT2D eigenvalue weighted by Crippen LogP contribution is -2.59. The molecule has 1 N–H and O–H groups in total. The SMILES string of the molecule is C[C@@H]1CN(C(=O)c2cn[nH]n2)[C@@H](C)CN1S(=O)(=O)c1cccc(Cl)c1. The molecule has 1 saturated heterocycles. The molecule has 1 aromatic carbocycles. The molecule has 0 radical (unpaired) electrons. The number of piperazine rings is 1. The van der Waals surface area contributed by atoms with Crippen LogP contribution in [-0.4, -0.2) is 64.1 Å². The third-order valence-corrected chi connectivity index (χ3v) is 6.44. The Balaban J connectivity index is 1.84. The van der Waals surface area contributed by atoms with Crippen molar-refractivity contribution < 1.29 is 13.2 Å². The summed E-state index contributed by atoms with van der Waals surface area (Å²) in [6.07, 6.45) is 1.36. The minimum atomic E-state index is -3.69. The van der Waals surface area contributed by atoms with Gasteiger partial charge in [0.15, 0.2) is 5.69 Å². The predicted molar refractivity (Wildman–Crippen MR) is 91.7 cm³/mol. The minimum Gasteiger partial charge on any atom is -0.332 e. The Bertz CT molecular complexity index is 871. The monoisotopic (exact) mass is 383 g/mol. The molecule has 1 aliphatic rings. The van der Waals surface area contributed by atoms with Gasteiger partial charge in [0.2, 0.25) is 10.0 Å². The molecule has 1 fully saturated rings. The maximum atomic E-state index is 12.9. The molecule has 0 bridgehead atoms. The number of nitrogens with one attached hydrogen (secondary N) is 1. The third kappa shape index (κ3) is 3.39. The van der Waals surface area contributed by atoms with Gasteiger partial charge >= 0.3 is 0 Å². The number of benzene rings is 1. The molecule has 0 unspecified atom stereocenters. The minimum absolute atomic E-state index is 0.148. The van der Waals surface area contributed by atoms with Gasteiger partial charge in [-0.2, -0.15) is 19.7 Å². The molecule has 2 heterocycles. The van der Waals surface area contributed by atoms with E-state index in [2.05, 4.69) is 15.4 Å². The lowest BCUT2D eigenvalue weighted by atomic mass is 10.1. The summed E-state index contributed by atoms with van der Waals surface area (Å²) < 4.78 is 27.3. The fourth-order valence-corrected chi connectivity index (χ4v) is 4.93. The van der Waals surface area contributed by atoms with E-state index in [4.69, 9.17) is 11.6 Å². The number of hydrogen-bond acceptors (Lipinski definition) is 5. The Morgan fingerprint density at radius 2 is 2.04 bits per heavy atom. The van der Waals surface area contributed by atoms with Crippen molar-refractivity contribution in [1.82, 2.24) is 24.6 Å². The van der Waals surface area contributed by atoms with Crippen LogP contribution >= 0.6 is 11.6 Å². The first-order valence-corrected chi connectivity index (χ1v) is 9.56. The number of halogens is 1. The van der Waals surface area contributed by atoms with Gasteiger partial charge in [0.05, 0.1) is 11.1 Å². The molecule has 2 aromatic rings. The maximum absolute atomic E-state index is 12.9. The van der Waals surface area contributed by atoms with E-state index in [0.29, 0.717) is 5.02 Å². The quantitative estimate of drug-likeness (QED) is 0.863. The van der Waals surface area contributed by atoms with Crippen LogP contribution in [0.2, 0.25) is 5.02 Å². The molecule has 2 atom stereocenters. The molecule has 134 valence electrons. The molecule has 0 saturated carbocycles. The van der Waals surface area contributed by atoms with E-state index in [1.807, 2.05) is 6.92 Å². The van der Waals surface area contributed by atoms with Gasteiger partial charge in [-0.05, 0) is 32.0 Å². The van der Waals surface area contributed by atoms with Crippen molar-refractivity contribution in [3.63, 3.8) is 0 Å². The summed E-state index contributed by atoms with van der Waals surface area (Å²) in [5.41, 5.74) is 0.213. The lowest BCUT2D eigenvalue weighted by molar-refractivity contribution is 0.0501. The molecule has 3 rings (SSSR count). The van der Waals surface area contributed by atoms with E-state index in [1.54, 1.807) is 24.0 Å². The number of nitrogens with zero attached hydrogens (tertiary/aromatic N) is 4. The second-order valence-electron chi connectivity index (χ2n) is 6.04. The normalized spacial score (nSPS) is 22.1. The number of carbonyl (C=O) groups is 1. The smallest absolute Gasteiger partial charge is 0.276 e. The average Bonchev–Trinajstić information content (AvgIpc) is 3.10. The number of carbonyl (C=O) groups excluding carboxylic acids is 1. The second kappa shape index (κ2) is 6.74. The van der Waals surface area contributed by atoms with Gasteiger partial charge in [-0.1, -0.05) is 17.7 Å². The number of aromatic amines is 1. The van der Waals surface area contributed by atoms with E-state index in [0.717, 1.165) is 0 Å². The molecule has 10 heteroatoms. The first-order chi connectivity index (χ1) is 11.8. The zero-order chi connectivity index (χ0) is 18.2. The van der Waals surface area contributed by atoms with Crippen molar-refractivity contribution in [2.75, 3.05) is 13.1 Å². The Labute approximate surface area is 150 Å². The average molecular weight is 384 g/mol. The van der Waals surface area contributed by atoms with Gasteiger partial charge in [0, 0.05) is 30.2 Å². The number of hydrogen-bond donors (Lipinski definition) is 1. The largest absolute Gasteiger partial charge is 0.332 e. The molecular formula is C15H18ClN5O3S. The topological polar surface area (TPSA) is 99.3 Å². The van der Waals surface area contributed by atoms with Crippen molar-refractivity contribution in [1.29, 1.82) is 0 Å². The van der Waals surface area contributed by atoms with Crippen LogP contribution in [-0.2, 0) is 10.0 Å². The van der Waals surface area contributed by atoms with Crippen molar-refractivity contribution in [2.45, 2.75) is 30.8 Å². The number of aromatic nitrogens is 3. The van der Waals surface area contributed by atoms with Crippen LogP contribution in [0, 0.1) is 0 Å². The Morgan fingerprint density at radius 1 is 1.28 bits per heavy atom.